The molecule has 2 unspecified atom stereocenters. The molecule has 3 amide bonds. The van der Waals surface area contributed by atoms with Crippen molar-refractivity contribution in [3.8, 4) is 5.75 Å². The summed E-state index contributed by atoms with van der Waals surface area (Å²) in [6, 6.07) is 11.3. The third-order valence-corrected chi connectivity index (χ3v) is 12.4. The number of halogens is 1. The Balaban J connectivity index is 1.63. The molecule has 5 rings (SSSR count). The second-order valence-corrected chi connectivity index (χ2v) is 15.6. The van der Waals surface area contributed by atoms with Gasteiger partial charge in [0.2, 0.25) is 11.8 Å². The van der Waals surface area contributed by atoms with Gasteiger partial charge < -0.3 is 24.5 Å². The number of hydrogen-bond donors (Lipinski definition) is 1. The van der Waals surface area contributed by atoms with E-state index >= 15 is 4.79 Å². The highest BCUT2D eigenvalue weighted by Crippen LogP contribution is 2.72. The third kappa shape index (κ3) is 5.78. The fourth-order valence-electron chi connectivity index (χ4n) is 8.04. The van der Waals surface area contributed by atoms with E-state index < -0.39 is 33.4 Å². The van der Waals surface area contributed by atoms with Gasteiger partial charge in [0.1, 0.15) is 11.8 Å². The number of aliphatic hydroxyl groups excluding tert-OH is 1. The van der Waals surface area contributed by atoms with Crippen LogP contribution in [0.15, 0.2) is 67.8 Å². The van der Waals surface area contributed by atoms with E-state index in [4.69, 9.17) is 16.3 Å². The minimum absolute atomic E-state index is 0.141. The number of nitrogens with zero attached hydrogens (tertiary/aromatic N) is 3. The molecule has 3 fully saturated rings. The van der Waals surface area contributed by atoms with Gasteiger partial charge in [-0.3, -0.25) is 14.4 Å². The Morgan fingerprint density at radius 1 is 1.11 bits per heavy atom. The lowest BCUT2D eigenvalue weighted by atomic mass is 9.66. The van der Waals surface area contributed by atoms with E-state index in [-0.39, 0.29) is 43.3 Å². The number of benzene rings is 2. The van der Waals surface area contributed by atoms with Gasteiger partial charge in [0, 0.05) is 23.5 Å². The largest absolute Gasteiger partial charge is 0.494 e. The quantitative estimate of drug-likeness (QED) is 0.251. The summed E-state index contributed by atoms with van der Waals surface area (Å²) >= 11 is 8.33. The number of anilines is 2. The number of thioether (sulfide) groups is 1. The van der Waals surface area contributed by atoms with Crippen molar-refractivity contribution in [1.29, 1.82) is 0 Å². The van der Waals surface area contributed by atoms with Crippen LogP contribution in [0.25, 0.3) is 0 Å². The van der Waals surface area contributed by atoms with Crippen LogP contribution in [0.2, 0.25) is 5.02 Å². The molecule has 252 valence electrons. The highest BCUT2D eigenvalue weighted by atomic mass is 35.5. The van der Waals surface area contributed by atoms with Crippen molar-refractivity contribution in [2.24, 2.45) is 17.8 Å². The summed E-state index contributed by atoms with van der Waals surface area (Å²) in [4.78, 5) is 49.7. The van der Waals surface area contributed by atoms with Crippen LogP contribution in [0.1, 0.15) is 46.1 Å². The van der Waals surface area contributed by atoms with Crippen LogP contribution >= 0.6 is 23.4 Å². The molecule has 1 N–H and O–H groups in total. The zero-order chi connectivity index (χ0) is 34.3. The number of aliphatic hydroxyl groups is 1. The van der Waals surface area contributed by atoms with Crippen LogP contribution in [0.4, 0.5) is 11.4 Å². The summed E-state index contributed by atoms with van der Waals surface area (Å²) in [6.07, 6.45) is 4.59. The first-order valence-electron chi connectivity index (χ1n) is 16.4. The minimum atomic E-state index is -0.918. The monoisotopic (exact) mass is 679 g/mol. The second-order valence-electron chi connectivity index (χ2n) is 13.3. The van der Waals surface area contributed by atoms with Gasteiger partial charge in [0.05, 0.1) is 46.5 Å². The topological polar surface area (TPSA) is 90.4 Å². The van der Waals surface area contributed by atoms with Crippen molar-refractivity contribution < 1.29 is 24.2 Å². The summed E-state index contributed by atoms with van der Waals surface area (Å²) in [5.41, 5.74) is 2.07. The van der Waals surface area contributed by atoms with E-state index in [1.807, 2.05) is 64.1 Å². The number of aryl methyl sites for hydroxylation is 1. The Labute approximate surface area is 287 Å². The lowest BCUT2D eigenvalue weighted by Crippen LogP contribution is -2.58. The van der Waals surface area contributed by atoms with Gasteiger partial charge >= 0.3 is 0 Å². The molecule has 3 saturated heterocycles. The number of amides is 3. The fourth-order valence-corrected chi connectivity index (χ4v) is 10.7. The summed E-state index contributed by atoms with van der Waals surface area (Å²) in [5.74, 6) is -1.60. The number of carbonyl (C=O) groups excluding carboxylic acids is 3. The third-order valence-electron chi connectivity index (χ3n) is 10.1. The van der Waals surface area contributed by atoms with E-state index in [1.54, 1.807) is 44.7 Å². The molecule has 0 radical (unpaired) electrons. The average Bonchev–Trinajstić information content (AvgIpc) is 3.60. The first-order valence-corrected chi connectivity index (χ1v) is 17.6. The predicted octanol–water partition coefficient (Wildman–Crippen LogP) is 6.28. The molecule has 0 aliphatic carbocycles. The lowest BCUT2D eigenvalue weighted by Gasteiger charge is -2.41. The molecule has 1 spiro atoms. The van der Waals surface area contributed by atoms with E-state index in [1.165, 1.54) is 0 Å². The van der Waals surface area contributed by atoms with E-state index in [0.717, 1.165) is 5.56 Å². The molecule has 3 aliphatic heterocycles. The zero-order valence-electron chi connectivity index (χ0n) is 27.9. The fraction of sp³-hybridized carbons (Fsp3) is 0.486. The number of ether oxygens (including phenoxy) is 1. The van der Waals surface area contributed by atoms with Crippen molar-refractivity contribution in [3.05, 3.63) is 78.4 Å². The number of rotatable bonds is 13. The molecule has 3 aliphatic rings. The molecule has 0 aromatic heterocycles. The van der Waals surface area contributed by atoms with Crippen LogP contribution < -0.4 is 14.5 Å². The Bertz CT molecular complexity index is 1530. The smallest absolute Gasteiger partial charge is 0.251 e. The Morgan fingerprint density at radius 3 is 2.34 bits per heavy atom. The molecular weight excluding hydrogens is 634 g/mol. The van der Waals surface area contributed by atoms with Crippen LogP contribution in [0.5, 0.6) is 5.75 Å². The molecule has 47 heavy (non-hydrogen) atoms. The maximum atomic E-state index is 15.1. The SMILES string of the molecule is C=CCN(C(=O)[C@H]1[C@H]2C(=O)N([C@@H](CO)C(C)C)C(C(=O)N(CC=C)c3c(C)cccc3Cl)C23CC[C@]1(C)S3)c1ccc(OCC)cc1. The molecular formula is C37H46ClN3O5S. The minimum Gasteiger partial charge on any atom is -0.494 e. The highest BCUT2D eigenvalue weighted by molar-refractivity contribution is 8.02. The van der Waals surface area contributed by atoms with Gasteiger partial charge in [-0.05, 0) is 75.4 Å². The molecule has 3 heterocycles. The Morgan fingerprint density at radius 2 is 1.77 bits per heavy atom. The van der Waals surface area contributed by atoms with Gasteiger partial charge in [-0.15, -0.1) is 24.9 Å². The predicted molar refractivity (Wildman–Crippen MR) is 190 cm³/mol. The maximum Gasteiger partial charge on any atom is 0.251 e. The number of fused-ring (bicyclic) bond motifs is 1. The first-order chi connectivity index (χ1) is 22.4. The van der Waals surface area contributed by atoms with Gasteiger partial charge in [-0.2, -0.15) is 0 Å². The zero-order valence-corrected chi connectivity index (χ0v) is 29.5. The van der Waals surface area contributed by atoms with Crippen molar-refractivity contribution in [2.45, 2.75) is 69.0 Å². The van der Waals surface area contributed by atoms with Crippen molar-refractivity contribution in [1.82, 2.24) is 4.90 Å². The van der Waals surface area contributed by atoms with Gasteiger partial charge in [-0.1, -0.05) is 49.7 Å². The summed E-state index contributed by atoms with van der Waals surface area (Å²) in [6.45, 7) is 18.2. The standard InChI is InChI=1S/C37H46ClN3O5S/c1-8-20-39(25-14-16-26(17-15-25)46-10-3)33(43)29-30-34(44)41(28(22-42)23(4)5)32(37(30)19-18-36(29,7)47-37)35(45)40(21-9-2)31-24(6)12-11-13-27(31)38/h8-9,11-17,23,28-30,32,42H,1-2,10,18-22H2,3-7H3/t28-,29+,30-,32?,36-,37?/m0/s1. The number of hydrogen-bond acceptors (Lipinski definition) is 6. The van der Waals surface area contributed by atoms with Crippen molar-refractivity contribution in [2.75, 3.05) is 36.1 Å². The molecule has 8 nitrogen and oxygen atoms in total. The van der Waals surface area contributed by atoms with Crippen LogP contribution in [0.3, 0.4) is 0 Å². The summed E-state index contributed by atoms with van der Waals surface area (Å²) in [5, 5.41) is 11.1. The van der Waals surface area contributed by atoms with E-state index in [2.05, 4.69) is 20.1 Å². The van der Waals surface area contributed by atoms with Crippen LogP contribution in [0, 0.1) is 24.7 Å². The average molecular weight is 680 g/mol. The molecule has 0 saturated carbocycles. The second kappa shape index (κ2) is 13.7. The van der Waals surface area contributed by atoms with Gasteiger partial charge in [-0.25, -0.2) is 0 Å². The number of carbonyl (C=O) groups is 3. The summed E-state index contributed by atoms with van der Waals surface area (Å²) in [7, 11) is 0. The molecule has 2 aromatic carbocycles. The number of para-hydroxylation sites is 1. The molecule has 6 atom stereocenters. The van der Waals surface area contributed by atoms with E-state index in [9.17, 15) is 14.7 Å². The molecule has 10 heteroatoms. The van der Waals surface area contributed by atoms with E-state index in [0.29, 0.717) is 41.6 Å². The lowest BCUT2D eigenvalue weighted by molar-refractivity contribution is -0.143. The van der Waals surface area contributed by atoms with Crippen molar-refractivity contribution in [3.63, 3.8) is 0 Å². The number of likely N-dealkylation sites (tertiary alicyclic amines) is 1. The highest BCUT2D eigenvalue weighted by Gasteiger charge is 2.78. The Hall–Kier alpha value is -3.27. The summed E-state index contributed by atoms with van der Waals surface area (Å²) < 4.78 is 4.16. The maximum absolute atomic E-state index is 15.1. The normalized spacial score (nSPS) is 26.7. The van der Waals surface area contributed by atoms with Gasteiger partial charge in [0.15, 0.2) is 0 Å². The van der Waals surface area contributed by atoms with Gasteiger partial charge in [0.25, 0.3) is 5.91 Å². The molecule has 2 aromatic rings. The van der Waals surface area contributed by atoms with Crippen LogP contribution in [-0.4, -0.2) is 75.6 Å². The first kappa shape index (κ1) is 35.0. The van der Waals surface area contributed by atoms with Crippen molar-refractivity contribution >= 4 is 52.5 Å². The van der Waals surface area contributed by atoms with Crippen LogP contribution in [-0.2, 0) is 14.4 Å². The molecule has 2 bridgehead atoms. The Kier molecular flexibility index (Phi) is 10.2.